The number of aliphatic hydroxyl groups excluding tert-OH is 2. The average molecular weight is 1020 g/mol. The topological polar surface area (TPSA) is 183 Å². The molecule has 0 spiro atoms. The largest absolute Gasteiger partial charge is 0.489 e. The predicted molar refractivity (Wildman–Crippen MR) is 280 cm³/mol. The lowest BCUT2D eigenvalue weighted by molar-refractivity contribution is -0.144. The molecule has 9 rings (SSSR count). The number of piperazine rings is 1. The number of halogens is 1. The average Bonchev–Trinajstić information content (AvgIpc) is 4.11. The van der Waals surface area contributed by atoms with Gasteiger partial charge in [0.25, 0.3) is 0 Å². The minimum absolute atomic E-state index is 0.0329. The Morgan fingerprint density at radius 3 is 2.32 bits per heavy atom. The molecule has 16 heteroatoms. The number of nitriles is 1. The molecule has 2 bridgehead atoms. The Bertz CT molecular complexity index is 2720. The van der Waals surface area contributed by atoms with E-state index >= 15 is 0 Å². The van der Waals surface area contributed by atoms with Crippen molar-refractivity contribution in [1.82, 2.24) is 35.6 Å². The Kier molecular flexibility index (Phi) is 14.7. The van der Waals surface area contributed by atoms with Crippen molar-refractivity contribution >= 4 is 46.4 Å². The van der Waals surface area contributed by atoms with Crippen LogP contribution in [0.2, 0.25) is 5.02 Å². The lowest BCUT2D eigenvalue weighted by atomic mass is 9.49. The Morgan fingerprint density at radius 2 is 1.69 bits per heavy atom. The summed E-state index contributed by atoms with van der Waals surface area (Å²) in [6.07, 6.45) is 5.40. The van der Waals surface area contributed by atoms with Gasteiger partial charge in [0, 0.05) is 66.8 Å². The first-order chi connectivity index (χ1) is 34.3. The monoisotopic (exact) mass is 1020 g/mol. The third kappa shape index (κ3) is 10.3. The molecule has 6 unspecified atom stereocenters. The molecule has 3 aromatic carbocycles. The molecule has 3 amide bonds. The quantitative estimate of drug-likeness (QED) is 0.0790. The van der Waals surface area contributed by atoms with Crippen LogP contribution in [0.3, 0.4) is 0 Å². The fourth-order valence-electron chi connectivity index (χ4n) is 12.4. The van der Waals surface area contributed by atoms with E-state index in [2.05, 4.69) is 87.9 Å². The molecule has 72 heavy (non-hydrogen) atoms. The second-order valence-corrected chi connectivity index (χ2v) is 23.8. The molecule has 14 nitrogen and oxygen atoms in total. The van der Waals surface area contributed by atoms with E-state index in [0.29, 0.717) is 21.9 Å². The Hall–Kier alpha value is -5.34. The number of benzene rings is 3. The number of aryl methyl sites for hydroxylation is 2. The number of fused-ring (bicyclic) bond motifs is 3. The molecule has 9 atom stereocenters. The summed E-state index contributed by atoms with van der Waals surface area (Å²) >= 11 is 7.88. The standard InChI is InChI=1S/C56H69ClN8O6S/c1-33-48(72-32-59-33)37-16-14-36(15-17-37)45(31-66)60-50(69)46-23-41(67)29-65(46)51(70)49(54(2,3)4)62-47(68)30-64-39-19-20-40(64)28-63(27-39)22-8-9-34-10-12-35(13-11-34)44-25-56(7)52(61-44)55(5,6)53(56)71-42-21-18-38(26-58)43(57)24-42/h10-18,21,24-25,32,39-41,45-46,49,52-53,61,66-67H,8-9,19-20,22-23,27-31H2,1-7H3,(H,60,69)(H,62,68)/t39?,40?,41-,45+,46?,49?,52-,53?,56?/m1/s1. The van der Waals surface area contributed by atoms with Crippen molar-refractivity contribution in [2.45, 2.75) is 129 Å². The number of nitrogens with zero attached hydrogens (tertiary/aromatic N) is 5. The van der Waals surface area contributed by atoms with Gasteiger partial charge in [-0.05, 0) is 85.0 Å². The molecule has 4 aromatic rings. The van der Waals surface area contributed by atoms with Crippen molar-refractivity contribution in [3.8, 4) is 22.3 Å². The first-order valence-electron chi connectivity index (χ1n) is 25.4. The van der Waals surface area contributed by atoms with Crippen LogP contribution < -0.4 is 20.7 Å². The normalized spacial score (nSPS) is 26.4. The summed E-state index contributed by atoms with van der Waals surface area (Å²) in [5.41, 5.74) is 7.38. The Labute approximate surface area is 432 Å². The Balaban J connectivity index is 0.751. The summed E-state index contributed by atoms with van der Waals surface area (Å²) in [5, 5.41) is 40.6. The first kappa shape index (κ1) is 51.6. The molecule has 4 fully saturated rings. The van der Waals surface area contributed by atoms with Crippen molar-refractivity contribution in [2.75, 3.05) is 39.3 Å². The van der Waals surface area contributed by atoms with Crippen LogP contribution in [0.4, 0.5) is 0 Å². The number of nitrogens with one attached hydrogen (secondary N) is 3. The van der Waals surface area contributed by atoms with Crippen molar-refractivity contribution in [2.24, 2.45) is 16.2 Å². The summed E-state index contributed by atoms with van der Waals surface area (Å²) in [4.78, 5) is 53.8. The van der Waals surface area contributed by atoms with Crippen LogP contribution in [0.25, 0.3) is 16.1 Å². The van der Waals surface area contributed by atoms with E-state index in [1.807, 2.05) is 58.0 Å². The third-order valence-electron chi connectivity index (χ3n) is 16.0. The minimum Gasteiger partial charge on any atom is -0.489 e. The van der Waals surface area contributed by atoms with E-state index in [1.54, 1.807) is 29.0 Å². The SMILES string of the molecule is Cc1ncsc1-c1ccc([C@H](CO)NC(=O)C2C[C@@H](O)CN2C(=O)C(NC(=O)CN2C3CCC2CN(CCCc2ccc(C4=CC5(C)C(Oc6ccc(C#N)c(Cl)c6)C(C)(C)[C@H]5N4)cc2)C3)C(C)(C)C)cc1. The highest BCUT2D eigenvalue weighted by molar-refractivity contribution is 7.13. The van der Waals surface area contributed by atoms with E-state index in [9.17, 15) is 29.9 Å². The van der Waals surface area contributed by atoms with Gasteiger partial charge in [0.2, 0.25) is 17.7 Å². The molecule has 1 aliphatic carbocycles. The number of aliphatic hydroxyl groups is 2. The summed E-state index contributed by atoms with van der Waals surface area (Å²) in [6, 6.07) is 21.9. The summed E-state index contributed by atoms with van der Waals surface area (Å²) in [5.74, 6) is -0.449. The smallest absolute Gasteiger partial charge is 0.246 e. The maximum absolute atomic E-state index is 14.4. The highest BCUT2D eigenvalue weighted by Gasteiger charge is 2.67. The number of rotatable bonds is 16. The zero-order valence-electron chi connectivity index (χ0n) is 42.5. The lowest BCUT2D eigenvalue weighted by Gasteiger charge is -2.60. The van der Waals surface area contributed by atoms with Crippen molar-refractivity contribution in [3.63, 3.8) is 0 Å². The molecule has 3 saturated heterocycles. The molecule has 4 aliphatic heterocycles. The third-order valence-corrected chi connectivity index (χ3v) is 17.3. The predicted octanol–water partition coefficient (Wildman–Crippen LogP) is 6.87. The van der Waals surface area contributed by atoms with Gasteiger partial charge in [0.05, 0.1) is 52.0 Å². The van der Waals surface area contributed by atoms with Crippen LogP contribution in [0, 0.1) is 34.5 Å². The van der Waals surface area contributed by atoms with E-state index < -0.39 is 41.5 Å². The summed E-state index contributed by atoms with van der Waals surface area (Å²) in [6.45, 7) is 16.9. The number of carbonyl (C=O) groups is 3. The zero-order chi connectivity index (χ0) is 51.3. The second-order valence-electron chi connectivity index (χ2n) is 22.6. The first-order valence-corrected chi connectivity index (χ1v) is 26.7. The van der Waals surface area contributed by atoms with E-state index in [4.69, 9.17) is 16.3 Å². The van der Waals surface area contributed by atoms with Gasteiger partial charge >= 0.3 is 0 Å². The maximum Gasteiger partial charge on any atom is 0.246 e. The van der Waals surface area contributed by atoms with Crippen molar-refractivity contribution < 1.29 is 29.3 Å². The number of carbonyl (C=O) groups excluding carboxylic acids is 3. The van der Waals surface area contributed by atoms with Gasteiger partial charge < -0.3 is 40.7 Å². The molecule has 5 aliphatic rings. The van der Waals surface area contributed by atoms with Crippen LogP contribution in [0.15, 0.2) is 78.3 Å². The zero-order valence-corrected chi connectivity index (χ0v) is 44.0. The fourth-order valence-corrected chi connectivity index (χ4v) is 13.4. The number of ether oxygens (including phenoxy) is 1. The molecular weight excluding hydrogens is 948 g/mol. The van der Waals surface area contributed by atoms with Crippen molar-refractivity contribution in [1.29, 1.82) is 5.26 Å². The van der Waals surface area contributed by atoms with Gasteiger partial charge in [-0.15, -0.1) is 11.3 Å². The second kappa shape index (κ2) is 20.5. The molecule has 382 valence electrons. The van der Waals surface area contributed by atoms with Crippen LogP contribution in [-0.2, 0) is 20.8 Å². The number of hydrogen-bond acceptors (Lipinski definition) is 12. The number of hydrogen-bond donors (Lipinski definition) is 5. The van der Waals surface area contributed by atoms with Crippen LogP contribution >= 0.6 is 22.9 Å². The summed E-state index contributed by atoms with van der Waals surface area (Å²) in [7, 11) is 0. The fraction of sp³-hybridized carbons (Fsp3) is 0.518. The van der Waals surface area contributed by atoms with Crippen LogP contribution in [0.1, 0.15) is 101 Å². The number of thiazole rings is 1. The van der Waals surface area contributed by atoms with Crippen LogP contribution in [0.5, 0.6) is 5.75 Å². The van der Waals surface area contributed by atoms with Gasteiger partial charge in [0.15, 0.2) is 0 Å². The van der Waals surface area contributed by atoms with E-state index in [0.717, 1.165) is 72.7 Å². The maximum atomic E-state index is 14.4. The van der Waals surface area contributed by atoms with Gasteiger partial charge in [-0.2, -0.15) is 5.26 Å². The minimum atomic E-state index is -0.969. The highest BCUT2D eigenvalue weighted by Crippen LogP contribution is 2.60. The molecule has 1 aromatic heterocycles. The number of aromatic nitrogens is 1. The highest BCUT2D eigenvalue weighted by atomic mass is 35.5. The number of likely N-dealkylation sites (tertiary alicyclic amines) is 2. The van der Waals surface area contributed by atoms with Gasteiger partial charge in [-0.3, -0.25) is 19.3 Å². The van der Waals surface area contributed by atoms with Gasteiger partial charge in [-0.1, -0.05) is 102 Å². The molecule has 0 radical (unpaired) electrons. The van der Waals surface area contributed by atoms with E-state index in [1.165, 1.54) is 10.5 Å². The molecule has 1 saturated carbocycles. The molecular formula is C56H69ClN8O6S. The number of amides is 3. The lowest BCUT2D eigenvalue weighted by Crippen LogP contribution is -2.71. The molecule has 5 heterocycles. The van der Waals surface area contributed by atoms with Gasteiger partial charge in [-0.25, -0.2) is 4.98 Å². The van der Waals surface area contributed by atoms with Gasteiger partial charge in [0.1, 0.15) is 30.0 Å². The number of β-amino-alcohol motifs (C(OH)–C–C–N with tert-alkyl or cyclic N) is 1. The van der Waals surface area contributed by atoms with E-state index in [-0.39, 0.29) is 67.1 Å². The molecule has 5 N–H and O–H groups in total. The van der Waals surface area contributed by atoms with Crippen LogP contribution in [-0.4, -0.2) is 129 Å². The van der Waals surface area contributed by atoms with Crippen molar-refractivity contribution in [3.05, 3.63) is 111 Å². The summed E-state index contributed by atoms with van der Waals surface area (Å²) < 4.78 is 6.55. The Morgan fingerprint density at radius 1 is 1.00 bits per heavy atom.